The fraction of sp³-hybridized carbons (Fsp3) is 0.211. The molecule has 0 fully saturated rings. The monoisotopic (exact) mass is 329 g/mol. The summed E-state index contributed by atoms with van der Waals surface area (Å²) in [5.74, 6) is 0.632. The molecule has 120 valence electrons. The molecule has 2 rings (SSSR count). The van der Waals surface area contributed by atoms with Crippen LogP contribution in [-0.2, 0) is 4.79 Å². The number of halogens is 1. The van der Waals surface area contributed by atoms with Crippen molar-refractivity contribution in [1.29, 1.82) is 0 Å². The van der Waals surface area contributed by atoms with Gasteiger partial charge in [0.05, 0.1) is 6.61 Å². The molecule has 2 aromatic carbocycles. The highest BCUT2D eigenvalue weighted by Crippen LogP contribution is 2.16. The van der Waals surface area contributed by atoms with Crippen LogP contribution in [0.3, 0.4) is 0 Å². The smallest absolute Gasteiger partial charge is 0.248 e. The average molecular weight is 330 g/mol. The Balaban J connectivity index is 1.86. The van der Waals surface area contributed by atoms with Crippen LogP contribution in [-0.4, -0.2) is 12.5 Å². The molecule has 0 atom stereocenters. The van der Waals surface area contributed by atoms with Crippen LogP contribution >= 0.6 is 11.6 Å². The molecule has 0 heterocycles. The van der Waals surface area contributed by atoms with Crippen LogP contribution in [0, 0.1) is 0 Å². The van der Waals surface area contributed by atoms with Gasteiger partial charge in [-0.05, 0) is 54.5 Å². The normalized spacial score (nSPS) is 10.7. The predicted octanol–water partition coefficient (Wildman–Crippen LogP) is 5.17. The third kappa shape index (κ3) is 6.17. The van der Waals surface area contributed by atoms with E-state index >= 15 is 0 Å². The molecule has 1 amide bonds. The molecule has 0 unspecified atom stereocenters. The van der Waals surface area contributed by atoms with Crippen molar-refractivity contribution >= 4 is 29.3 Å². The molecule has 0 saturated heterocycles. The first-order valence-corrected chi connectivity index (χ1v) is 8.02. The lowest BCUT2D eigenvalue weighted by molar-refractivity contribution is -0.111. The molecule has 0 spiro atoms. The van der Waals surface area contributed by atoms with E-state index in [1.54, 1.807) is 18.2 Å². The van der Waals surface area contributed by atoms with Crippen LogP contribution < -0.4 is 10.1 Å². The predicted molar refractivity (Wildman–Crippen MR) is 96.0 cm³/mol. The van der Waals surface area contributed by atoms with E-state index in [2.05, 4.69) is 12.2 Å². The van der Waals surface area contributed by atoms with E-state index in [0.717, 1.165) is 29.8 Å². The Morgan fingerprint density at radius 2 is 1.83 bits per heavy atom. The van der Waals surface area contributed by atoms with Crippen LogP contribution in [0.2, 0.25) is 5.02 Å². The van der Waals surface area contributed by atoms with Gasteiger partial charge in [-0.3, -0.25) is 4.79 Å². The molecule has 3 nitrogen and oxygen atoms in total. The van der Waals surface area contributed by atoms with E-state index in [0.29, 0.717) is 11.6 Å². The Morgan fingerprint density at radius 3 is 2.48 bits per heavy atom. The van der Waals surface area contributed by atoms with Gasteiger partial charge in [-0.1, -0.05) is 37.1 Å². The first kappa shape index (κ1) is 17.1. The van der Waals surface area contributed by atoms with Gasteiger partial charge in [0.1, 0.15) is 5.75 Å². The molecule has 1 N–H and O–H groups in total. The van der Waals surface area contributed by atoms with Crippen molar-refractivity contribution in [1.82, 2.24) is 0 Å². The number of ether oxygens (including phenoxy) is 1. The summed E-state index contributed by atoms with van der Waals surface area (Å²) in [5.41, 5.74) is 1.66. The van der Waals surface area contributed by atoms with Gasteiger partial charge in [-0.2, -0.15) is 0 Å². The van der Waals surface area contributed by atoms with Crippen molar-refractivity contribution in [3.63, 3.8) is 0 Å². The maximum atomic E-state index is 11.9. The molecule has 0 aliphatic rings. The molecule has 0 aromatic heterocycles. The van der Waals surface area contributed by atoms with E-state index < -0.39 is 0 Å². The van der Waals surface area contributed by atoms with Crippen LogP contribution in [0.4, 0.5) is 5.69 Å². The number of carbonyl (C=O) groups is 1. The van der Waals surface area contributed by atoms with E-state index in [9.17, 15) is 4.79 Å². The molecule has 0 aliphatic carbocycles. The van der Waals surface area contributed by atoms with Crippen molar-refractivity contribution < 1.29 is 9.53 Å². The Morgan fingerprint density at radius 1 is 1.13 bits per heavy atom. The zero-order chi connectivity index (χ0) is 16.5. The Labute approximate surface area is 141 Å². The van der Waals surface area contributed by atoms with Gasteiger partial charge >= 0.3 is 0 Å². The molecule has 4 heteroatoms. The quantitative estimate of drug-likeness (QED) is 0.562. The summed E-state index contributed by atoms with van der Waals surface area (Å²) in [6.07, 6.45) is 5.38. The maximum Gasteiger partial charge on any atom is 0.248 e. The largest absolute Gasteiger partial charge is 0.494 e. The number of anilines is 1. The van der Waals surface area contributed by atoms with Crippen molar-refractivity contribution in [3.8, 4) is 5.75 Å². The second-order valence-electron chi connectivity index (χ2n) is 5.10. The van der Waals surface area contributed by atoms with Crippen LogP contribution in [0.25, 0.3) is 6.08 Å². The number of amides is 1. The average Bonchev–Trinajstić information content (AvgIpc) is 2.56. The Bertz CT molecular complexity index is 648. The number of benzene rings is 2. The lowest BCUT2D eigenvalue weighted by Crippen LogP contribution is -2.07. The first-order chi connectivity index (χ1) is 11.2. The number of carbonyl (C=O) groups excluding carboxylic acids is 1. The third-order valence-electron chi connectivity index (χ3n) is 3.19. The van der Waals surface area contributed by atoms with Crippen molar-refractivity contribution in [2.45, 2.75) is 19.8 Å². The summed E-state index contributed by atoms with van der Waals surface area (Å²) in [7, 11) is 0. The summed E-state index contributed by atoms with van der Waals surface area (Å²) >= 11 is 5.82. The summed E-state index contributed by atoms with van der Waals surface area (Å²) < 4.78 is 5.58. The zero-order valence-electron chi connectivity index (χ0n) is 13.1. The van der Waals surface area contributed by atoms with Crippen molar-refractivity contribution in [2.75, 3.05) is 11.9 Å². The fourth-order valence-corrected chi connectivity index (χ4v) is 2.02. The number of unbranched alkanes of at least 4 members (excludes halogenated alkanes) is 1. The molecular weight excluding hydrogens is 310 g/mol. The number of hydrogen-bond acceptors (Lipinski definition) is 2. The molecular formula is C19H20ClNO2. The molecule has 0 radical (unpaired) electrons. The summed E-state index contributed by atoms with van der Waals surface area (Å²) in [4.78, 5) is 11.9. The lowest BCUT2D eigenvalue weighted by Gasteiger charge is -2.06. The van der Waals surface area contributed by atoms with Crippen LogP contribution in [0.5, 0.6) is 5.75 Å². The van der Waals surface area contributed by atoms with Crippen molar-refractivity contribution in [3.05, 3.63) is 65.2 Å². The summed E-state index contributed by atoms with van der Waals surface area (Å²) in [6, 6.07) is 14.7. The Hall–Kier alpha value is -2.26. The van der Waals surface area contributed by atoms with Crippen LogP contribution in [0.15, 0.2) is 54.6 Å². The minimum Gasteiger partial charge on any atom is -0.494 e. The van der Waals surface area contributed by atoms with Gasteiger partial charge in [-0.15, -0.1) is 0 Å². The standard InChI is InChI=1S/C19H20ClNO2/c1-2-3-14-23-18-11-9-17(10-12-18)21-19(22)13-6-15-4-7-16(20)8-5-15/h4-13H,2-3,14H2,1H3,(H,21,22). The van der Waals surface area contributed by atoms with E-state index in [4.69, 9.17) is 16.3 Å². The SMILES string of the molecule is CCCCOc1ccc(NC(=O)C=Cc2ccc(Cl)cc2)cc1. The number of rotatable bonds is 7. The van der Waals surface area contributed by atoms with E-state index in [1.165, 1.54) is 6.08 Å². The minimum atomic E-state index is -0.181. The third-order valence-corrected chi connectivity index (χ3v) is 3.44. The van der Waals surface area contributed by atoms with Gasteiger partial charge in [-0.25, -0.2) is 0 Å². The van der Waals surface area contributed by atoms with Gasteiger partial charge in [0.2, 0.25) is 5.91 Å². The van der Waals surface area contributed by atoms with Crippen molar-refractivity contribution in [2.24, 2.45) is 0 Å². The second-order valence-corrected chi connectivity index (χ2v) is 5.54. The summed E-state index contributed by atoms with van der Waals surface area (Å²) in [5, 5.41) is 3.48. The van der Waals surface area contributed by atoms with Gasteiger partial charge < -0.3 is 10.1 Å². The minimum absolute atomic E-state index is 0.181. The van der Waals surface area contributed by atoms with Crippen LogP contribution in [0.1, 0.15) is 25.3 Å². The van der Waals surface area contributed by atoms with Gasteiger partial charge in [0, 0.05) is 16.8 Å². The maximum absolute atomic E-state index is 11.9. The number of hydrogen-bond donors (Lipinski definition) is 1. The second kappa shape index (κ2) is 9.01. The highest BCUT2D eigenvalue weighted by molar-refractivity contribution is 6.30. The molecule has 0 saturated carbocycles. The topological polar surface area (TPSA) is 38.3 Å². The van der Waals surface area contributed by atoms with Gasteiger partial charge in [0.25, 0.3) is 0 Å². The molecule has 0 bridgehead atoms. The first-order valence-electron chi connectivity index (χ1n) is 7.65. The van der Waals surface area contributed by atoms with E-state index in [-0.39, 0.29) is 5.91 Å². The highest BCUT2D eigenvalue weighted by atomic mass is 35.5. The lowest BCUT2D eigenvalue weighted by atomic mass is 10.2. The van der Waals surface area contributed by atoms with Gasteiger partial charge in [0.15, 0.2) is 0 Å². The zero-order valence-corrected chi connectivity index (χ0v) is 13.8. The summed E-state index contributed by atoms with van der Waals surface area (Å²) in [6.45, 7) is 2.84. The number of nitrogens with one attached hydrogen (secondary N) is 1. The molecule has 2 aromatic rings. The van der Waals surface area contributed by atoms with E-state index in [1.807, 2.05) is 36.4 Å². The fourth-order valence-electron chi connectivity index (χ4n) is 1.90. The Kier molecular flexibility index (Phi) is 6.70. The highest BCUT2D eigenvalue weighted by Gasteiger charge is 1.99. The molecule has 0 aliphatic heterocycles. The molecule has 23 heavy (non-hydrogen) atoms.